The fourth-order valence-electron chi connectivity index (χ4n) is 1.73. The van der Waals surface area contributed by atoms with Crippen molar-refractivity contribution in [3.05, 3.63) is 36.5 Å². The first-order chi connectivity index (χ1) is 7.34. The van der Waals surface area contributed by atoms with Gasteiger partial charge in [0, 0.05) is 12.6 Å². The lowest BCUT2D eigenvalue weighted by Crippen LogP contribution is -2.15. The fraction of sp³-hybridized carbons (Fsp3) is 0.333. The van der Waals surface area contributed by atoms with Crippen molar-refractivity contribution in [3.63, 3.8) is 0 Å². The number of allylic oxidation sites excluding steroid dienone is 2. The summed E-state index contributed by atoms with van der Waals surface area (Å²) in [5.74, 6) is 1.09. The molecule has 0 aromatic carbocycles. The lowest BCUT2D eigenvalue weighted by molar-refractivity contribution is -0.116. The van der Waals surface area contributed by atoms with Crippen LogP contribution in [0.4, 0.5) is 5.82 Å². The van der Waals surface area contributed by atoms with Crippen LogP contribution in [-0.4, -0.2) is 10.9 Å². The normalized spacial score (nSPS) is 19.1. The van der Waals surface area contributed by atoms with Gasteiger partial charge < -0.3 is 5.32 Å². The Bertz CT molecular complexity index is 359. The minimum Gasteiger partial charge on any atom is -0.311 e. The van der Waals surface area contributed by atoms with Gasteiger partial charge in [0.1, 0.15) is 5.82 Å². The number of carbonyl (C=O) groups excluding carboxylic acids is 1. The molecule has 0 aliphatic heterocycles. The number of pyridine rings is 1. The minimum atomic E-state index is 0.0465. The second-order valence-electron chi connectivity index (χ2n) is 3.73. The highest BCUT2D eigenvalue weighted by Gasteiger charge is 2.13. The van der Waals surface area contributed by atoms with Crippen molar-refractivity contribution >= 4 is 11.7 Å². The predicted molar refractivity (Wildman–Crippen MR) is 59.3 cm³/mol. The highest BCUT2D eigenvalue weighted by molar-refractivity contribution is 5.89. The van der Waals surface area contributed by atoms with Gasteiger partial charge in [0.15, 0.2) is 0 Å². The maximum Gasteiger partial charge on any atom is 0.226 e. The number of nitrogens with one attached hydrogen (secondary N) is 1. The number of rotatable bonds is 3. The summed E-state index contributed by atoms with van der Waals surface area (Å²) >= 11 is 0. The van der Waals surface area contributed by atoms with Gasteiger partial charge in [-0.3, -0.25) is 4.79 Å². The van der Waals surface area contributed by atoms with E-state index in [1.165, 1.54) is 0 Å². The van der Waals surface area contributed by atoms with Gasteiger partial charge >= 0.3 is 0 Å². The number of amides is 1. The van der Waals surface area contributed by atoms with Crippen LogP contribution < -0.4 is 5.32 Å². The van der Waals surface area contributed by atoms with Crippen LogP contribution in [0.25, 0.3) is 0 Å². The van der Waals surface area contributed by atoms with E-state index in [-0.39, 0.29) is 5.91 Å². The van der Waals surface area contributed by atoms with Gasteiger partial charge in [0.05, 0.1) is 0 Å². The number of aromatic nitrogens is 1. The predicted octanol–water partition coefficient (Wildman–Crippen LogP) is 2.38. The topological polar surface area (TPSA) is 42.0 Å². The highest BCUT2D eigenvalue weighted by Crippen LogP contribution is 2.20. The Labute approximate surface area is 89.2 Å². The Morgan fingerprint density at radius 2 is 2.47 bits per heavy atom. The molecule has 0 saturated carbocycles. The van der Waals surface area contributed by atoms with Gasteiger partial charge in [-0.2, -0.15) is 0 Å². The summed E-state index contributed by atoms with van der Waals surface area (Å²) in [7, 11) is 0. The first-order valence-corrected chi connectivity index (χ1v) is 5.22. The van der Waals surface area contributed by atoms with Gasteiger partial charge in [-0.05, 0) is 30.9 Å². The number of hydrogen-bond acceptors (Lipinski definition) is 2. The molecule has 0 fully saturated rings. The van der Waals surface area contributed by atoms with Gasteiger partial charge in [-0.1, -0.05) is 18.2 Å². The van der Waals surface area contributed by atoms with Crippen LogP contribution in [0.3, 0.4) is 0 Å². The lowest BCUT2D eigenvalue weighted by atomic mass is 10.1. The third-order valence-electron chi connectivity index (χ3n) is 2.49. The van der Waals surface area contributed by atoms with Gasteiger partial charge in [-0.25, -0.2) is 4.98 Å². The maximum absolute atomic E-state index is 11.6. The molecule has 15 heavy (non-hydrogen) atoms. The zero-order chi connectivity index (χ0) is 10.5. The van der Waals surface area contributed by atoms with Crippen molar-refractivity contribution in [1.82, 2.24) is 4.98 Å². The van der Waals surface area contributed by atoms with Crippen molar-refractivity contribution in [2.24, 2.45) is 5.92 Å². The fourth-order valence-corrected chi connectivity index (χ4v) is 1.73. The van der Waals surface area contributed by atoms with Crippen molar-refractivity contribution < 1.29 is 4.79 Å². The van der Waals surface area contributed by atoms with Crippen molar-refractivity contribution in [2.45, 2.75) is 19.3 Å². The minimum absolute atomic E-state index is 0.0465. The molecule has 2 rings (SSSR count). The average Bonchev–Trinajstić information content (AvgIpc) is 2.71. The summed E-state index contributed by atoms with van der Waals surface area (Å²) in [6.45, 7) is 0. The second-order valence-corrected chi connectivity index (χ2v) is 3.73. The third-order valence-corrected chi connectivity index (χ3v) is 2.49. The molecule has 1 amide bonds. The summed E-state index contributed by atoms with van der Waals surface area (Å²) in [5.41, 5.74) is 0. The van der Waals surface area contributed by atoms with Gasteiger partial charge in [0.2, 0.25) is 5.91 Å². The molecule has 78 valence electrons. The highest BCUT2D eigenvalue weighted by atomic mass is 16.1. The summed E-state index contributed by atoms with van der Waals surface area (Å²) in [6.07, 6.45) is 8.69. The molecule has 1 aliphatic carbocycles. The largest absolute Gasteiger partial charge is 0.311 e. The van der Waals surface area contributed by atoms with Crippen LogP contribution >= 0.6 is 0 Å². The monoisotopic (exact) mass is 202 g/mol. The van der Waals surface area contributed by atoms with Crippen molar-refractivity contribution in [1.29, 1.82) is 0 Å². The number of hydrogen-bond donors (Lipinski definition) is 1. The summed E-state index contributed by atoms with van der Waals surface area (Å²) < 4.78 is 0. The van der Waals surface area contributed by atoms with E-state index in [0.717, 1.165) is 12.8 Å². The molecule has 1 aliphatic rings. The Balaban J connectivity index is 1.84. The van der Waals surface area contributed by atoms with Crippen LogP contribution in [0, 0.1) is 5.92 Å². The molecule has 3 nitrogen and oxygen atoms in total. The van der Waals surface area contributed by atoms with Crippen LogP contribution in [0.2, 0.25) is 0 Å². The standard InChI is InChI=1S/C12H14N2O/c15-12(9-10-5-1-2-6-10)14-11-7-3-4-8-13-11/h1,3-5,7-8,10H,2,6,9H2,(H,13,14,15). The van der Waals surface area contributed by atoms with E-state index in [0.29, 0.717) is 18.2 Å². The molecule has 0 radical (unpaired) electrons. The Morgan fingerprint density at radius 3 is 3.13 bits per heavy atom. The summed E-state index contributed by atoms with van der Waals surface area (Å²) in [5, 5.41) is 2.78. The molecule has 1 atom stereocenters. The second kappa shape index (κ2) is 4.73. The molecule has 0 bridgehead atoms. The zero-order valence-electron chi connectivity index (χ0n) is 8.52. The lowest BCUT2D eigenvalue weighted by Gasteiger charge is -2.07. The van der Waals surface area contributed by atoms with E-state index >= 15 is 0 Å². The Hall–Kier alpha value is -1.64. The van der Waals surface area contributed by atoms with Crippen LogP contribution in [0.5, 0.6) is 0 Å². The van der Waals surface area contributed by atoms with E-state index in [2.05, 4.69) is 22.5 Å². The maximum atomic E-state index is 11.6. The van der Waals surface area contributed by atoms with E-state index < -0.39 is 0 Å². The van der Waals surface area contributed by atoms with Gasteiger partial charge in [-0.15, -0.1) is 0 Å². The van der Waals surface area contributed by atoms with E-state index in [4.69, 9.17) is 0 Å². The smallest absolute Gasteiger partial charge is 0.226 e. The Kier molecular flexibility index (Phi) is 3.12. The average molecular weight is 202 g/mol. The van der Waals surface area contributed by atoms with Gasteiger partial charge in [0.25, 0.3) is 0 Å². The number of nitrogens with zero attached hydrogens (tertiary/aromatic N) is 1. The van der Waals surface area contributed by atoms with Crippen molar-refractivity contribution in [3.8, 4) is 0 Å². The van der Waals surface area contributed by atoms with Crippen LogP contribution in [0.1, 0.15) is 19.3 Å². The van der Waals surface area contributed by atoms with Crippen LogP contribution in [0.15, 0.2) is 36.5 Å². The molecule has 0 spiro atoms. The molecule has 3 heteroatoms. The molecular formula is C12H14N2O. The molecular weight excluding hydrogens is 188 g/mol. The number of carbonyl (C=O) groups is 1. The zero-order valence-corrected chi connectivity index (χ0v) is 8.52. The van der Waals surface area contributed by atoms with E-state index in [9.17, 15) is 4.79 Å². The first kappa shape index (κ1) is 9.90. The van der Waals surface area contributed by atoms with E-state index in [1.807, 2.05) is 12.1 Å². The van der Waals surface area contributed by atoms with Crippen LogP contribution in [-0.2, 0) is 4.79 Å². The molecule has 1 unspecified atom stereocenters. The molecule has 0 saturated heterocycles. The molecule has 1 aromatic heterocycles. The summed E-state index contributed by atoms with van der Waals surface area (Å²) in [6, 6.07) is 5.48. The summed E-state index contributed by atoms with van der Waals surface area (Å²) in [4.78, 5) is 15.6. The number of anilines is 1. The molecule has 1 N–H and O–H groups in total. The third kappa shape index (κ3) is 2.91. The first-order valence-electron chi connectivity index (χ1n) is 5.22. The van der Waals surface area contributed by atoms with E-state index in [1.54, 1.807) is 12.3 Å². The SMILES string of the molecule is O=C(CC1C=CCC1)Nc1ccccn1. The molecule has 1 aromatic rings. The van der Waals surface area contributed by atoms with Crippen molar-refractivity contribution in [2.75, 3.05) is 5.32 Å². The Morgan fingerprint density at radius 1 is 1.53 bits per heavy atom. The quantitative estimate of drug-likeness (QED) is 0.764. The molecule has 1 heterocycles.